The molecule has 3 aromatic carbocycles. The zero-order chi connectivity index (χ0) is 26.0. The number of esters is 1. The van der Waals surface area contributed by atoms with Gasteiger partial charge in [0.25, 0.3) is 0 Å². The second-order valence-corrected chi connectivity index (χ2v) is 10.8. The van der Waals surface area contributed by atoms with E-state index < -0.39 is 17.5 Å². The molecular formula is C32H36N2O3. The number of hydrogen-bond donors (Lipinski definition) is 2. The number of hydrogen-bond acceptors (Lipinski definition) is 4. The Morgan fingerprint density at radius 1 is 0.838 bits per heavy atom. The van der Waals surface area contributed by atoms with E-state index in [1.165, 1.54) is 31.2 Å². The van der Waals surface area contributed by atoms with Gasteiger partial charge in [-0.25, -0.2) is 0 Å². The third kappa shape index (κ3) is 4.87. The maximum Gasteiger partial charge on any atom is 0.307 e. The van der Waals surface area contributed by atoms with E-state index in [4.69, 9.17) is 16.2 Å². The molecule has 3 unspecified atom stereocenters. The molecule has 0 aliphatic heterocycles. The lowest BCUT2D eigenvalue weighted by molar-refractivity contribution is -0.154. The normalized spacial score (nSPS) is 24.2. The monoisotopic (exact) mass is 496 g/mol. The summed E-state index contributed by atoms with van der Waals surface area (Å²) in [6.07, 6.45) is 5.02. The summed E-state index contributed by atoms with van der Waals surface area (Å²) in [4.78, 5) is 24.5. The molecule has 37 heavy (non-hydrogen) atoms. The lowest BCUT2D eigenvalue weighted by atomic mass is 9.71. The van der Waals surface area contributed by atoms with E-state index in [1.54, 1.807) is 0 Å². The molecule has 3 aromatic rings. The zero-order valence-electron chi connectivity index (χ0n) is 21.4. The van der Waals surface area contributed by atoms with E-state index in [-0.39, 0.29) is 12.8 Å². The summed E-state index contributed by atoms with van der Waals surface area (Å²) in [5.74, 6) is 2.00. The molecule has 0 spiro atoms. The molecule has 0 heterocycles. The number of primary amides is 1. The van der Waals surface area contributed by atoms with Crippen molar-refractivity contribution in [2.24, 2.45) is 23.5 Å². The number of ether oxygens (including phenoxy) is 1. The van der Waals surface area contributed by atoms with Gasteiger partial charge in [0.1, 0.15) is 0 Å². The molecule has 4 N–H and O–H groups in total. The summed E-state index contributed by atoms with van der Waals surface area (Å²) in [6.45, 7) is 2.42. The molecule has 0 aromatic heterocycles. The predicted octanol–water partition coefficient (Wildman–Crippen LogP) is 5.91. The van der Waals surface area contributed by atoms with E-state index in [0.29, 0.717) is 17.2 Å². The van der Waals surface area contributed by atoms with Crippen molar-refractivity contribution < 1.29 is 14.3 Å². The van der Waals surface area contributed by atoms with Crippen molar-refractivity contribution in [2.75, 3.05) is 5.73 Å². The highest BCUT2D eigenvalue weighted by Crippen LogP contribution is 2.52. The Bertz CT molecular complexity index is 1240. The summed E-state index contributed by atoms with van der Waals surface area (Å²) in [6, 6.07) is 25.7. The van der Waals surface area contributed by atoms with Crippen LogP contribution in [0.3, 0.4) is 0 Å². The zero-order valence-corrected chi connectivity index (χ0v) is 21.4. The van der Waals surface area contributed by atoms with Crippen LogP contribution in [0, 0.1) is 17.8 Å². The lowest BCUT2D eigenvalue weighted by Gasteiger charge is -2.37. The second-order valence-electron chi connectivity index (χ2n) is 10.8. The number of para-hydroxylation sites is 1. The first kappa shape index (κ1) is 25.1. The van der Waals surface area contributed by atoms with E-state index in [0.717, 1.165) is 28.9 Å². The molecule has 0 radical (unpaired) electrons. The van der Waals surface area contributed by atoms with Gasteiger partial charge in [-0.15, -0.1) is 0 Å². The van der Waals surface area contributed by atoms with Crippen LogP contribution in [-0.4, -0.2) is 11.9 Å². The highest BCUT2D eigenvalue weighted by Gasteiger charge is 2.43. The van der Waals surface area contributed by atoms with Gasteiger partial charge in [0.05, 0.1) is 6.42 Å². The second kappa shape index (κ2) is 10.4. The Kier molecular flexibility index (Phi) is 7.05. The fourth-order valence-electron chi connectivity index (χ4n) is 6.68. The first-order chi connectivity index (χ1) is 17.9. The summed E-state index contributed by atoms with van der Waals surface area (Å²) in [7, 11) is 0. The van der Waals surface area contributed by atoms with Crippen LogP contribution in [0.25, 0.3) is 0 Å². The standard InChI is InChI=1S/C32H36N2O3/c1-21-23-11-12-24(21)20-25(19-23)22-13-15-27(16-14-22)32(26-7-3-2-4-8-26,28-9-5-6-10-29(28)33)37-31(36)18-17-30(34)35/h2-10,13-16,21,23-25H,11-12,17-20,33H2,1H3,(H2,34,35). The topological polar surface area (TPSA) is 95.4 Å². The number of carbonyl (C=O) groups is 2. The highest BCUT2D eigenvalue weighted by atomic mass is 16.6. The molecule has 5 nitrogen and oxygen atoms in total. The molecule has 2 aliphatic rings. The van der Waals surface area contributed by atoms with E-state index >= 15 is 0 Å². The molecule has 2 fully saturated rings. The van der Waals surface area contributed by atoms with Crippen molar-refractivity contribution in [1.29, 1.82) is 0 Å². The first-order valence-electron chi connectivity index (χ1n) is 13.4. The average Bonchev–Trinajstić information content (AvgIpc) is 3.11. The molecule has 5 heteroatoms. The van der Waals surface area contributed by atoms with Crippen molar-refractivity contribution in [3.05, 3.63) is 101 Å². The Morgan fingerprint density at radius 2 is 1.43 bits per heavy atom. The minimum atomic E-state index is -1.26. The van der Waals surface area contributed by atoms with Crippen molar-refractivity contribution >= 4 is 17.6 Å². The van der Waals surface area contributed by atoms with Crippen molar-refractivity contribution in [2.45, 2.75) is 57.0 Å². The highest BCUT2D eigenvalue weighted by molar-refractivity contribution is 5.81. The minimum Gasteiger partial charge on any atom is -0.444 e. The maximum atomic E-state index is 13.1. The van der Waals surface area contributed by atoms with Crippen LogP contribution >= 0.6 is 0 Å². The number of benzene rings is 3. The smallest absolute Gasteiger partial charge is 0.307 e. The average molecular weight is 497 g/mol. The van der Waals surface area contributed by atoms with Crippen molar-refractivity contribution in [3.63, 3.8) is 0 Å². The number of fused-ring (bicyclic) bond motifs is 2. The van der Waals surface area contributed by atoms with Crippen LogP contribution in [0.15, 0.2) is 78.9 Å². The van der Waals surface area contributed by atoms with Crippen LogP contribution in [0.5, 0.6) is 0 Å². The summed E-state index contributed by atoms with van der Waals surface area (Å²) in [5, 5.41) is 0. The molecule has 3 atom stereocenters. The molecule has 2 bridgehead atoms. The van der Waals surface area contributed by atoms with Gasteiger partial charge in [-0.2, -0.15) is 0 Å². The summed E-state index contributed by atoms with van der Waals surface area (Å²) >= 11 is 0. The van der Waals surface area contributed by atoms with E-state index in [9.17, 15) is 9.59 Å². The Hall–Kier alpha value is -3.60. The molecule has 2 aliphatic carbocycles. The fraction of sp³-hybridized carbons (Fsp3) is 0.375. The number of anilines is 1. The third-order valence-corrected chi connectivity index (χ3v) is 8.72. The van der Waals surface area contributed by atoms with Crippen molar-refractivity contribution in [3.8, 4) is 0 Å². The van der Waals surface area contributed by atoms with Gasteiger partial charge in [0, 0.05) is 28.8 Å². The van der Waals surface area contributed by atoms with Crippen molar-refractivity contribution in [1.82, 2.24) is 0 Å². The number of rotatable bonds is 8. The van der Waals surface area contributed by atoms with Gasteiger partial charge in [0.15, 0.2) is 5.60 Å². The SMILES string of the molecule is CC1C2CCC1CC(c1ccc(C(OC(=O)CCC(N)=O)(c3ccccc3)c3ccccc3N)cc1)C2. The summed E-state index contributed by atoms with van der Waals surface area (Å²) in [5.41, 5.74) is 14.7. The molecule has 5 rings (SSSR count). The van der Waals surface area contributed by atoms with E-state index in [2.05, 4.69) is 31.2 Å². The van der Waals surface area contributed by atoms with Crippen LogP contribution in [0.2, 0.25) is 0 Å². The fourth-order valence-corrected chi connectivity index (χ4v) is 6.68. The molecule has 1 amide bonds. The Labute approximate surface area is 219 Å². The number of amides is 1. The van der Waals surface area contributed by atoms with Gasteiger partial charge < -0.3 is 16.2 Å². The lowest BCUT2D eigenvalue weighted by Crippen LogP contribution is -2.36. The quantitative estimate of drug-likeness (QED) is 0.230. The van der Waals surface area contributed by atoms with Crippen LogP contribution in [-0.2, 0) is 19.9 Å². The van der Waals surface area contributed by atoms with Gasteiger partial charge >= 0.3 is 5.97 Å². The number of nitrogen functional groups attached to an aromatic ring is 1. The third-order valence-electron chi connectivity index (χ3n) is 8.72. The summed E-state index contributed by atoms with van der Waals surface area (Å²) < 4.78 is 6.34. The number of nitrogens with two attached hydrogens (primary N) is 2. The minimum absolute atomic E-state index is 0.0741. The maximum absolute atomic E-state index is 13.1. The molecule has 0 saturated heterocycles. The van der Waals surface area contributed by atoms with Crippen LogP contribution < -0.4 is 11.5 Å². The molecule has 2 saturated carbocycles. The Balaban J connectivity index is 1.58. The molecule has 192 valence electrons. The van der Waals surface area contributed by atoms with Crippen LogP contribution in [0.1, 0.15) is 73.6 Å². The molecular weight excluding hydrogens is 460 g/mol. The van der Waals surface area contributed by atoms with E-state index in [1.807, 2.05) is 54.6 Å². The van der Waals surface area contributed by atoms with Gasteiger partial charge in [-0.05, 0) is 61.0 Å². The van der Waals surface area contributed by atoms with Crippen LogP contribution in [0.4, 0.5) is 5.69 Å². The predicted molar refractivity (Wildman–Crippen MR) is 145 cm³/mol. The van der Waals surface area contributed by atoms with Gasteiger partial charge in [0.2, 0.25) is 5.91 Å². The first-order valence-corrected chi connectivity index (χ1v) is 13.4. The Morgan fingerprint density at radius 3 is 2.05 bits per heavy atom. The largest absolute Gasteiger partial charge is 0.444 e. The number of carbonyl (C=O) groups excluding carboxylic acids is 2. The van der Waals surface area contributed by atoms with Gasteiger partial charge in [-0.1, -0.05) is 79.7 Å². The van der Waals surface area contributed by atoms with Gasteiger partial charge in [-0.3, -0.25) is 9.59 Å².